The molecule has 0 aliphatic carbocycles. The highest BCUT2D eigenvalue weighted by molar-refractivity contribution is 5.74. The minimum atomic E-state index is -0.739. The molecule has 0 unspecified atom stereocenters. The lowest BCUT2D eigenvalue weighted by molar-refractivity contribution is -0.152. The topological polar surface area (TPSA) is 40.5 Å². The van der Waals surface area contributed by atoms with Gasteiger partial charge >= 0.3 is 5.97 Å². The molecular weight excluding hydrogens is 264 g/mol. The summed E-state index contributed by atoms with van der Waals surface area (Å²) in [6.45, 7) is 3.62. The van der Waals surface area contributed by atoms with Crippen molar-refractivity contribution in [2.75, 3.05) is 13.1 Å². The number of hydrogen-bond donors (Lipinski definition) is 1. The van der Waals surface area contributed by atoms with Gasteiger partial charge in [-0.15, -0.1) is 0 Å². The number of nitrogens with zero attached hydrogens (tertiary/aromatic N) is 1. The van der Waals surface area contributed by atoms with Crippen LogP contribution >= 0.6 is 0 Å². The number of piperidine rings is 1. The maximum Gasteiger partial charge on any atom is 0.309 e. The molecule has 0 aromatic heterocycles. The third kappa shape index (κ3) is 3.15. The van der Waals surface area contributed by atoms with Gasteiger partial charge in [-0.25, -0.2) is 8.78 Å². The summed E-state index contributed by atoms with van der Waals surface area (Å²) in [6.07, 6.45) is 1.78. The van der Waals surface area contributed by atoms with Crippen LogP contribution in [-0.2, 0) is 11.3 Å². The zero-order valence-corrected chi connectivity index (χ0v) is 11.5. The zero-order chi connectivity index (χ0) is 14.8. The van der Waals surface area contributed by atoms with Gasteiger partial charge in [0.1, 0.15) is 11.6 Å². The molecule has 1 heterocycles. The summed E-state index contributed by atoms with van der Waals surface area (Å²) in [5, 5.41) is 9.32. The zero-order valence-electron chi connectivity index (χ0n) is 11.5. The first kappa shape index (κ1) is 14.9. The molecule has 1 aliphatic rings. The van der Waals surface area contributed by atoms with E-state index in [2.05, 4.69) is 0 Å². The van der Waals surface area contributed by atoms with Crippen molar-refractivity contribution in [3.63, 3.8) is 0 Å². The Balaban J connectivity index is 1.99. The number of carbonyl (C=O) groups is 1. The second-order valence-electron chi connectivity index (χ2n) is 5.49. The second kappa shape index (κ2) is 5.87. The Bertz CT molecular complexity index is 476. The Labute approximate surface area is 117 Å². The van der Waals surface area contributed by atoms with E-state index in [1.165, 1.54) is 12.1 Å². The quantitative estimate of drug-likeness (QED) is 0.923. The molecule has 1 saturated heterocycles. The molecule has 1 aromatic rings. The Morgan fingerprint density at radius 1 is 1.25 bits per heavy atom. The van der Waals surface area contributed by atoms with Crippen LogP contribution in [0, 0.1) is 17.0 Å². The Hall–Kier alpha value is -1.49. The third-order valence-electron chi connectivity index (χ3n) is 4.27. The number of likely N-dealkylation sites (tertiary alicyclic amines) is 1. The summed E-state index contributed by atoms with van der Waals surface area (Å²) in [5.41, 5.74) is -0.0502. The van der Waals surface area contributed by atoms with Crippen molar-refractivity contribution >= 4 is 5.97 Å². The Morgan fingerprint density at radius 3 is 2.25 bits per heavy atom. The van der Waals surface area contributed by atoms with Crippen molar-refractivity contribution in [2.24, 2.45) is 5.41 Å². The highest BCUT2D eigenvalue weighted by Crippen LogP contribution is 2.35. The van der Waals surface area contributed by atoms with Gasteiger partial charge in [0.2, 0.25) is 0 Å². The van der Waals surface area contributed by atoms with E-state index in [1.54, 1.807) is 0 Å². The van der Waals surface area contributed by atoms with E-state index in [1.807, 2.05) is 11.8 Å². The molecule has 1 fully saturated rings. The maximum absolute atomic E-state index is 13.1. The van der Waals surface area contributed by atoms with Gasteiger partial charge in [0.25, 0.3) is 0 Å². The summed E-state index contributed by atoms with van der Waals surface area (Å²) >= 11 is 0. The normalized spacial score (nSPS) is 18.9. The van der Waals surface area contributed by atoms with Crippen molar-refractivity contribution in [2.45, 2.75) is 32.7 Å². The van der Waals surface area contributed by atoms with Gasteiger partial charge in [-0.05, 0) is 50.0 Å². The van der Waals surface area contributed by atoms with Crippen molar-refractivity contribution in [1.29, 1.82) is 0 Å². The predicted octanol–water partition coefficient (Wildman–Crippen LogP) is 3.04. The average molecular weight is 283 g/mol. The van der Waals surface area contributed by atoms with Gasteiger partial charge in [0.05, 0.1) is 5.41 Å². The molecule has 0 bridgehead atoms. The van der Waals surface area contributed by atoms with Crippen molar-refractivity contribution in [1.82, 2.24) is 4.90 Å². The summed E-state index contributed by atoms with van der Waals surface area (Å²) in [7, 11) is 0. The van der Waals surface area contributed by atoms with Crippen LogP contribution in [0.25, 0.3) is 0 Å². The molecular formula is C15H19F2NO2. The number of halogens is 2. The Kier molecular flexibility index (Phi) is 4.38. The molecule has 110 valence electrons. The van der Waals surface area contributed by atoms with E-state index >= 15 is 0 Å². The molecule has 0 spiro atoms. The lowest BCUT2D eigenvalue weighted by Gasteiger charge is -2.38. The summed E-state index contributed by atoms with van der Waals surface area (Å²) in [6, 6.07) is 3.50. The summed E-state index contributed by atoms with van der Waals surface area (Å²) in [4.78, 5) is 13.4. The van der Waals surface area contributed by atoms with Gasteiger partial charge in [-0.1, -0.05) is 6.92 Å². The molecule has 0 radical (unpaired) electrons. The minimum absolute atomic E-state index is 0.452. The molecule has 2 rings (SSSR count). The molecule has 1 N–H and O–H groups in total. The van der Waals surface area contributed by atoms with Crippen molar-refractivity contribution in [3.05, 3.63) is 35.4 Å². The minimum Gasteiger partial charge on any atom is -0.481 e. The number of aliphatic carboxylic acids is 1. The van der Waals surface area contributed by atoms with Crippen LogP contribution in [0.1, 0.15) is 31.7 Å². The van der Waals surface area contributed by atoms with E-state index in [-0.39, 0.29) is 0 Å². The van der Waals surface area contributed by atoms with Crippen molar-refractivity contribution in [3.8, 4) is 0 Å². The summed E-state index contributed by atoms with van der Waals surface area (Å²) in [5.74, 6) is -1.90. The van der Waals surface area contributed by atoms with Crippen LogP contribution in [0.4, 0.5) is 8.78 Å². The lowest BCUT2D eigenvalue weighted by atomic mass is 9.76. The maximum atomic E-state index is 13.1. The van der Waals surface area contributed by atoms with Crippen LogP contribution in [0.2, 0.25) is 0 Å². The van der Waals surface area contributed by atoms with Crippen LogP contribution < -0.4 is 0 Å². The molecule has 1 aromatic carbocycles. The fourth-order valence-corrected chi connectivity index (χ4v) is 2.82. The fourth-order valence-electron chi connectivity index (χ4n) is 2.82. The average Bonchev–Trinajstić information content (AvgIpc) is 2.38. The highest BCUT2D eigenvalue weighted by Gasteiger charge is 2.39. The van der Waals surface area contributed by atoms with Gasteiger partial charge in [0, 0.05) is 12.6 Å². The Morgan fingerprint density at radius 2 is 1.80 bits per heavy atom. The largest absolute Gasteiger partial charge is 0.481 e. The van der Waals surface area contributed by atoms with Gasteiger partial charge in [0.15, 0.2) is 0 Å². The number of rotatable bonds is 4. The first-order valence-corrected chi connectivity index (χ1v) is 6.86. The van der Waals surface area contributed by atoms with Gasteiger partial charge in [-0.3, -0.25) is 9.69 Å². The monoisotopic (exact) mass is 283 g/mol. The van der Waals surface area contributed by atoms with Crippen LogP contribution in [-0.4, -0.2) is 29.1 Å². The SMILES string of the molecule is CCC1(C(=O)O)CCN(Cc2cc(F)cc(F)c2)CC1. The highest BCUT2D eigenvalue weighted by atomic mass is 19.1. The van der Waals surface area contributed by atoms with E-state index in [0.717, 1.165) is 6.07 Å². The lowest BCUT2D eigenvalue weighted by Crippen LogP contribution is -2.43. The van der Waals surface area contributed by atoms with E-state index < -0.39 is 23.0 Å². The van der Waals surface area contributed by atoms with Crippen LogP contribution in [0.3, 0.4) is 0 Å². The fraction of sp³-hybridized carbons (Fsp3) is 0.533. The molecule has 0 amide bonds. The number of hydrogen-bond acceptors (Lipinski definition) is 2. The number of benzene rings is 1. The molecule has 3 nitrogen and oxygen atoms in total. The third-order valence-corrected chi connectivity index (χ3v) is 4.27. The van der Waals surface area contributed by atoms with Gasteiger partial charge in [-0.2, -0.15) is 0 Å². The van der Waals surface area contributed by atoms with Crippen LogP contribution in [0.15, 0.2) is 18.2 Å². The van der Waals surface area contributed by atoms with E-state index in [0.29, 0.717) is 44.5 Å². The van der Waals surface area contributed by atoms with Crippen LogP contribution in [0.5, 0.6) is 0 Å². The van der Waals surface area contributed by atoms with Crippen molar-refractivity contribution < 1.29 is 18.7 Å². The molecule has 20 heavy (non-hydrogen) atoms. The number of carboxylic acids is 1. The summed E-state index contributed by atoms with van der Waals surface area (Å²) < 4.78 is 26.3. The molecule has 0 saturated carbocycles. The number of carboxylic acid groups (broad SMARTS) is 1. The van der Waals surface area contributed by atoms with E-state index in [4.69, 9.17) is 0 Å². The van der Waals surface area contributed by atoms with E-state index in [9.17, 15) is 18.7 Å². The molecule has 1 aliphatic heterocycles. The standard InChI is InChI=1S/C15H19F2NO2/c1-2-15(14(19)20)3-5-18(6-4-15)10-11-7-12(16)9-13(17)8-11/h7-9H,2-6,10H2,1H3,(H,19,20). The smallest absolute Gasteiger partial charge is 0.309 e. The van der Waals surface area contributed by atoms with Gasteiger partial charge < -0.3 is 5.11 Å². The first-order chi connectivity index (χ1) is 9.45. The second-order valence-corrected chi connectivity index (χ2v) is 5.49. The first-order valence-electron chi connectivity index (χ1n) is 6.86. The predicted molar refractivity (Wildman–Crippen MR) is 71.2 cm³/mol. The molecule has 5 heteroatoms. The molecule has 0 atom stereocenters.